The van der Waals surface area contributed by atoms with Crippen molar-refractivity contribution in [3.8, 4) is 5.75 Å². The van der Waals surface area contributed by atoms with Crippen LogP contribution in [0.15, 0.2) is 48.5 Å². The molecule has 2 aromatic carbocycles. The van der Waals surface area contributed by atoms with Crippen LogP contribution in [0.25, 0.3) is 0 Å². The predicted molar refractivity (Wildman–Crippen MR) is 112 cm³/mol. The van der Waals surface area contributed by atoms with Crippen LogP contribution < -0.4 is 10.1 Å². The highest BCUT2D eigenvalue weighted by atomic mass is 16.5. The van der Waals surface area contributed by atoms with Gasteiger partial charge in [-0.3, -0.25) is 9.59 Å². The van der Waals surface area contributed by atoms with Crippen molar-refractivity contribution < 1.29 is 14.3 Å². The molecule has 1 aliphatic carbocycles. The number of fused-ring (bicyclic) bond motifs is 1. The minimum Gasteiger partial charge on any atom is -0.497 e. The molecule has 2 aliphatic rings. The second-order valence-electron chi connectivity index (χ2n) is 8.24. The molecule has 1 saturated carbocycles. The highest BCUT2D eigenvalue weighted by Crippen LogP contribution is 2.35. The van der Waals surface area contributed by atoms with Gasteiger partial charge in [-0.15, -0.1) is 0 Å². The van der Waals surface area contributed by atoms with E-state index in [1.807, 2.05) is 48.5 Å². The van der Waals surface area contributed by atoms with E-state index >= 15 is 0 Å². The maximum atomic E-state index is 13.3. The Kier molecular flexibility index (Phi) is 5.56. The molecule has 5 nitrogen and oxygen atoms in total. The maximum absolute atomic E-state index is 13.3. The van der Waals surface area contributed by atoms with Gasteiger partial charge >= 0.3 is 0 Å². The Morgan fingerprint density at radius 2 is 1.76 bits per heavy atom. The van der Waals surface area contributed by atoms with Gasteiger partial charge in [0.05, 0.1) is 7.11 Å². The van der Waals surface area contributed by atoms with Gasteiger partial charge in [-0.05, 0) is 60.9 Å². The molecule has 1 heterocycles. The average Bonchev–Trinajstić information content (AvgIpc) is 3.02. The first-order chi connectivity index (χ1) is 14.1. The lowest BCUT2D eigenvalue weighted by Crippen LogP contribution is -2.44. The molecular weight excluding hydrogens is 364 g/mol. The Labute approximate surface area is 172 Å². The largest absolute Gasteiger partial charge is 0.497 e. The zero-order chi connectivity index (χ0) is 20.4. The zero-order valence-electron chi connectivity index (χ0n) is 17.1. The van der Waals surface area contributed by atoms with E-state index in [0.717, 1.165) is 48.5 Å². The van der Waals surface area contributed by atoms with Crippen LogP contribution in [0, 0.1) is 5.92 Å². The van der Waals surface area contributed by atoms with E-state index in [-0.39, 0.29) is 17.9 Å². The van der Waals surface area contributed by atoms with E-state index in [9.17, 15) is 9.59 Å². The fraction of sp³-hybridized carbons (Fsp3) is 0.417. The molecule has 152 valence electrons. The Bertz CT molecular complexity index is 885. The molecule has 5 heteroatoms. The zero-order valence-corrected chi connectivity index (χ0v) is 17.1. The Hall–Kier alpha value is -2.82. The normalized spacial score (nSPS) is 23.6. The van der Waals surface area contributed by atoms with Crippen LogP contribution >= 0.6 is 0 Å². The molecule has 2 aromatic rings. The Balaban J connectivity index is 1.56. The number of methoxy groups -OCH3 is 1. The van der Waals surface area contributed by atoms with Crippen LogP contribution in [-0.2, 0) is 11.3 Å². The third-order valence-corrected chi connectivity index (χ3v) is 6.18. The third kappa shape index (κ3) is 4.00. The summed E-state index contributed by atoms with van der Waals surface area (Å²) in [5, 5.41) is 3.22. The summed E-state index contributed by atoms with van der Waals surface area (Å²) in [4.78, 5) is 28.1. The van der Waals surface area contributed by atoms with E-state index in [2.05, 4.69) is 12.2 Å². The number of nitrogens with zero attached hydrogens (tertiary/aromatic N) is 1. The number of nitrogens with one attached hydrogen (secondary N) is 1. The van der Waals surface area contributed by atoms with Gasteiger partial charge in [0.25, 0.3) is 5.91 Å². The van der Waals surface area contributed by atoms with E-state index in [1.165, 1.54) is 0 Å². The first-order valence-electron chi connectivity index (χ1n) is 10.4. The predicted octanol–water partition coefficient (Wildman–Crippen LogP) is 4.09. The summed E-state index contributed by atoms with van der Waals surface area (Å²) in [5.74, 6) is 1.33. The van der Waals surface area contributed by atoms with Crippen molar-refractivity contribution in [2.75, 3.05) is 7.11 Å². The molecule has 0 aromatic heterocycles. The smallest absolute Gasteiger partial charge is 0.255 e. The maximum Gasteiger partial charge on any atom is 0.255 e. The molecule has 1 atom stereocenters. The van der Waals surface area contributed by atoms with Crippen molar-refractivity contribution in [3.63, 3.8) is 0 Å². The summed E-state index contributed by atoms with van der Waals surface area (Å²) in [6.07, 6.45) is 4.29. The van der Waals surface area contributed by atoms with Crippen LogP contribution in [0.2, 0.25) is 0 Å². The molecule has 0 unspecified atom stereocenters. The summed E-state index contributed by atoms with van der Waals surface area (Å²) in [6, 6.07) is 14.7. The van der Waals surface area contributed by atoms with Crippen LogP contribution in [0.3, 0.4) is 0 Å². The quantitative estimate of drug-likeness (QED) is 0.834. The summed E-state index contributed by atoms with van der Waals surface area (Å²) in [6.45, 7) is 2.65. The van der Waals surface area contributed by atoms with E-state index < -0.39 is 6.04 Å². The van der Waals surface area contributed by atoms with Crippen LogP contribution in [0.1, 0.15) is 60.1 Å². The summed E-state index contributed by atoms with van der Waals surface area (Å²) in [5.41, 5.74) is 2.39. The summed E-state index contributed by atoms with van der Waals surface area (Å²) < 4.78 is 5.22. The van der Waals surface area contributed by atoms with Crippen molar-refractivity contribution in [1.82, 2.24) is 10.2 Å². The molecule has 4 rings (SSSR count). The SMILES string of the molecule is COc1ccc(CN2C(=O)c3ccccc3[C@@H]2C(=O)NC2CCC(C)CC2)cc1. The van der Waals surface area contributed by atoms with E-state index in [1.54, 1.807) is 12.0 Å². The van der Waals surface area contributed by atoms with Gasteiger partial charge in [0.2, 0.25) is 5.91 Å². The molecule has 0 bridgehead atoms. The first-order valence-corrected chi connectivity index (χ1v) is 10.4. The van der Waals surface area contributed by atoms with Crippen molar-refractivity contribution >= 4 is 11.8 Å². The van der Waals surface area contributed by atoms with Crippen LogP contribution in [0.4, 0.5) is 0 Å². The molecule has 2 amide bonds. The molecule has 0 saturated heterocycles. The lowest BCUT2D eigenvalue weighted by Gasteiger charge is -2.30. The second kappa shape index (κ2) is 8.27. The standard InChI is InChI=1S/C24H28N2O3/c1-16-7-11-18(12-8-16)25-23(27)22-20-5-3-4-6-21(20)24(28)26(22)15-17-9-13-19(29-2)14-10-17/h3-6,9-10,13-14,16,18,22H,7-8,11-12,15H2,1-2H3,(H,25,27)/t16?,18?,22-/m1/s1. The van der Waals surface area contributed by atoms with Crippen molar-refractivity contribution in [3.05, 3.63) is 65.2 Å². The van der Waals surface area contributed by atoms with Crippen molar-refractivity contribution in [1.29, 1.82) is 0 Å². The minimum absolute atomic E-state index is 0.0728. The number of benzene rings is 2. The Morgan fingerprint density at radius 1 is 1.07 bits per heavy atom. The number of carbonyl (C=O) groups is 2. The summed E-state index contributed by atoms with van der Waals surface area (Å²) >= 11 is 0. The molecular formula is C24H28N2O3. The van der Waals surface area contributed by atoms with E-state index in [0.29, 0.717) is 12.1 Å². The monoisotopic (exact) mass is 392 g/mol. The lowest BCUT2D eigenvalue weighted by atomic mass is 9.87. The summed E-state index contributed by atoms with van der Waals surface area (Å²) in [7, 11) is 1.63. The molecule has 0 spiro atoms. The van der Waals surface area contributed by atoms with Gasteiger partial charge in [-0.1, -0.05) is 37.3 Å². The number of hydrogen-bond donors (Lipinski definition) is 1. The van der Waals surface area contributed by atoms with Gasteiger partial charge in [0.15, 0.2) is 0 Å². The minimum atomic E-state index is -0.583. The molecule has 1 fully saturated rings. The Morgan fingerprint density at radius 3 is 2.45 bits per heavy atom. The first kappa shape index (κ1) is 19.5. The van der Waals surface area contributed by atoms with Gasteiger partial charge in [-0.25, -0.2) is 0 Å². The number of carbonyl (C=O) groups excluding carboxylic acids is 2. The topological polar surface area (TPSA) is 58.6 Å². The van der Waals surface area contributed by atoms with Crippen molar-refractivity contribution in [2.45, 2.75) is 51.2 Å². The fourth-order valence-corrected chi connectivity index (χ4v) is 4.43. The van der Waals surface area contributed by atoms with Gasteiger partial charge in [0, 0.05) is 18.2 Å². The highest BCUT2D eigenvalue weighted by Gasteiger charge is 2.41. The van der Waals surface area contributed by atoms with Crippen LogP contribution in [0.5, 0.6) is 5.75 Å². The van der Waals surface area contributed by atoms with Crippen LogP contribution in [-0.4, -0.2) is 29.9 Å². The molecule has 1 N–H and O–H groups in total. The number of ether oxygens (including phenoxy) is 1. The fourth-order valence-electron chi connectivity index (χ4n) is 4.43. The molecule has 0 radical (unpaired) electrons. The van der Waals surface area contributed by atoms with Gasteiger partial charge in [0.1, 0.15) is 11.8 Å². The van der Waals surface area contributed by atoms with Gasteiger partial charge in [-0.2, -0.15) is 0 Å². The van der Waals surface area contributed by atoms with E-state index in [4.69, 9.17) is 4.74 Å². The lowest BCUT2D eigenvalue weighted by molar-refractivity contribution is -0.126. The number of hydrogen-bond acceptors (Lipinski definition) is 3. The number of amides is 2. The average molecular weight is 392 g/mol. The third-order valence-electron chi connectivity index (χ3n) is 6.18. The molecule has 29 heavy (non-hydrogen) atoms. The van der Waals surface area contributed by atoms with Gasteiger partial charge < -0.3 is 15.0 Å². The highest BCUT2D eigenvalue weighted by molar-refractivity contribution is 6.04. The second-order valence-corrected chi connectivity index (χ2v) is 8.24. The number of rotatable bonds is 5. The molecule has 1 aliphatic heterocycles. The van der Waals surface area contributed by atoms with Crippen molar-refractivity contribution in [2.24, 2.45) is 5.92 Å².